The maximum absolute atomic E-state index is 4.33. The largest absolute Gasteiger partial charge is 0.360 e. The van der Waals surface area contributed by atoms with Gasteiger partial charge in [0.2, 0.25) is 0 Å². The topological polar surface area (TPSA) is 28.1 Å². The van der Waals surface area contributed by atoms with Crippen LogP contribution in [0, 0.1) is 5.41 Å². The molecule has 0 unspecified atom stereocenters. The lowest BCUT2D eigenvalue weighted by molar-refractivity contribution is 0.430. The summed E-state index contributed by atoms with van der Waals surface area (Å²) in [5.41, 5.74) is 1.35. The molecule has 0 saturated carbocycles. The average molecular weight is 164 g/mol. The van der Waals surface area contributed by atoms with Crippen molar-refractivity contribution in [2.75, 3.05) is 6.54 Å². The predicted molar refractivity (Wildman–Crippen MR) is 52.7 cm³/mol. The van der Waals surface area contributed by atoms with Crippen molar-refractivity contribution < 1.29 is 0 Å². The molecular weight excluding hydrogens is 148 g/mol. The molecule has 0 aliphatic rings. The van der Waals surface area contributed by atoms with Gasteiger partial charge in [-0.2, -0.15) is 0 Å². The minimum atomic E-state index is 0.281. The van der Waals surface area contributed by atoms with Crippen LogP contribution in [-0.4, -0.2) is 17.7 Å². The van der Waals surface area contributed by atoms with E-state index in [1.807, 2.05) is 24.5 Å². The molecule has 1 aromatic heterocycles. The number of aromatic amines is 1. The van der Waals surface area contributed by atoms with E-state index in [-0.39, 0.29) is 5.41 Å². The minimum Gasteiger partial charge on any atom is -0.360 e. The van der Waals surface area contributed by atoms with Gasteiger partial charge in [-0.15, -0.1) is 0 Å². The highest BCUT2D eigenvalue weighted by atomic mass is 14.8. The van der Waals surface area contributed by atoms with Crippen LogP contribution >= 0.6 is 0 Å². The first-order valence-electron chi connectivity index (χ1n) is 4.21. The Hall–Kier alpha value is -1.05. The molecular formula is C10H16N2. The van der Waals surface area contributed by atoms with Gasteiger partial charge < -0.3 is 4.98 Å². The fourth-order valence-electron chi connectivity index (χ4n) is 0.842. The summed E-state index contributed by atoms with van der Waals surface area (Å²) in [6.07, 6.45) is 3.78. The smallest absolute Gasteiger partial charge is 0.0561 e. The second-order valence-corrected chi connectivity index (χ2v) is 4.16. The molecule has 0 bridgehead atoms. The summed E-state index contributed by atoms with van der Waals surface area (Å²) in [6.45, 7) is 7.41. The van der Waals surface area contributed by atoms with Crippen molar-refractivity contribution >= 4 is 6.21 Å². The van der Waals surface area contributed by atoms with Gasteiger partial charge in [0.15, 0.2) is 0 Å². The van der Waals surface area contributed by atoms with Crippen LogP contribution in [0.1, 0.15) is 26.5 Å². The highest BCUT2D eigenvalue weighted by molar-refractivity contribution is 5.76. The van der Waals surface area contributed by atoms with E-state index in [0.29, 0.717) is 0 Å². The van der Waals surface area contributed by atoms with Crippen LogP contribution in [0.25, 0.3) is 0 Å². The van der Waals surface area contributed by atoms with Crippen molar-refractivity contribution in [3.63, 3.8) is 0 Å². The Morgan fingerprint density at radius 3 is 2.75 bits per heavy atom. The molecule has 0 atom stereocenters. The van der Waals surface area contributed by atoms with E-state index < -0.39 is 0 Å². The maximum atomic E-state index is 4.33. The molecule has 0 aliphatic heterocycles. The summed E-state index contributed by atoms with van der Waals surface area (Å²) in [5.74, 6) is 0. The summed E-state index contributed by atoms with van der Waals surface area (Å²) < 4.78 is 0. The molecule has 1 rings (SSSR count). The van der Waals surface area contributed by atoms with Gasteiger partial charge >= 0.3 is 0 Å². The maximum Gasteiger partial charge on any atom is 0.0561 e. The number of rotatable bonds is 2. The second kappa shape index (κ2) is 3.57. The van der Waals surface area contributed by atoms with Crippen LogP contribution in [0.4, 0.5) is 0 Å². The van der Waals surface area contributed by atoms with E-state index >= 15 is 0 Å². The molecule has 0 spiro atoms. The fourth-order valence-corrected chi connectivity index (χ4v) is 0.842. The Balaban J connectivity index is 2.42. The zero-order valence-corrected chi connectivity index (χ0v) is 7.96. The Morgan fingerprint density at radius 1 is 1.50 bits per heavy atom. The lowest BCUT2D eigenvalue weighted by atomic mass is 9.97. The molecule has 0 fully saturated rings. The molecule has 1 heterocycles. The third-order valence-electron chi connectivity index (χ3n) is 1.42. The monoisotopic (exact) mass is 164 g/mol. The standard InChI is InChI=1S/C10H16N2/c1-10(2,3)8-11-7-9-5-4-6-12-9/h4-7,12H,8H2,1-3H3. The van der Waals surface area contributed by atoms with E-state index in [1.165, 1.54) is 0 Å². The highest BCUT2D eigenvalue weighted by Gasteiger charge is 2.07. The summed E-state index contributed by atoms with van der Waals surface area (Å²) >= 11 is 0. The number of nitrogens with one attached hydrogen (secondary N) is 1. The second-order valence-electron chi connectivity index (χ2n) is 4.16. The van der Waals surface area contributed by atoms with Crippen LogP contribution < -0.4 is 0 Å². The van der Waals surface area contributed by atoms with E-state index in [0.717, 1.165) is 12.2 Å². The Bertz CT molecular complexity index is 239. The Kier molecular flexibility index (Phi) is 2.69. The molecule has 12 heavy (non-hydrogen) atoms. The zero-order chi connectivity index (χ0) is 9.03. The minimum absolute atomic E-state index is 0.281. The molecule has 0 aromatic carbocycles. The molecule has 0 saturated heterocycles. The van der Waals surface area contributed by atoms with Gasteiger partial charge in [0.25, 0.3) is 0 Å². The lowest BCUT2D eigenvalue weighted by Gasteiger charge is -2.13. The molecule has 0 amide bonds. The van der Waals surface area contributed by atoms with E-state index in [2.05, 4.69) is 30.7 Å². The number of hydrogen-bond acceptors (Lipinski definition) is 1. The van der Waals surface area contributed by atoms with Gasteiger partial charge in [-0.1, -0.05) is 20.8 Å². The number of aliphatic imine (C=N–C) groups is 1. The van der Waals surface area contributed by atoms with Gasteiger partial charge in [-0.05, 0) is 17.5 Å². The molecule has 0 aliphatic carbocycles. The van der Waals surface area contributed by atoms with Crippen LogP contribution in [0.2, 0.25) is 0 Å². The van der Waals surface area contributed by atoms with Gasteiger partial charge in [-0.3, -0.25) is 4.99 Å². The van der Waals surface area contributed by atoms with Crippen molar-refractivity contribution in [1.82, 2.24) is 4.98 Å². The third-order valence-corrected chi connectivity index (χ3v) is 1.42. The number of hydrogen-bond donors (Lipinski definition) is 1. The predicted octanol–water partition coefficient (Wildman–Crippen LogP) is 2.48. The Labute approximate surface area is 73.7 Å². The number of aromatic nitrogens is 1. The summed E-state index contributed by atoms with van der Waals surface area (Å²) in [6, 6.07) is 3.98. The van der Waals surface area contributed by atoms with E-state index in [1.54, 1.807) is 0 Å². The summed E-state index contributed by atoms with van der Waals surface area (Å²) in [5, 5.41) is 0. The molecule has 2 heteroatoms. The van der Waals surface area contributed by atoms with Crippen LogP contribution in [0.3, 0.4) is 0 Å². The molecule has 1 aromatic rings. The highest BCUT2D eigenvalue weighted by Crippen LogP contribution is 2.12. The van der Waals surface area contributed by atoms with E-state index in [9.17, 15) is 0 Å². The normalized spacial score (nSPS) is 12.6. The first-order valence-corrected chi connectivity index (χ1v) is 4.21. The third kappa shape index (κ3) is 3.37. The number of nitrogens with zero attached hydrogens (tertiary/aromatic N) is 1. The first kappa shape index (κ1) is 9.04. The zero-order valence-electron chi connectivity index (χ0n) is 7.96. The van der Waals surface area contributed by atoms with E-state index in [4.69, 9.17) is 0 Å². The molecule has 2 nitrogen and oxygen atoms in total. The molecule has 66 valence electrons. The van der Waals surface area contributed by atoms with Gasteiger partial charge in [0.1, 0.15) is 0 Å². The van der Waals surface area contributed by atoms with Crippen LogP contribution in [-0.2, 0) is 0 Å². The van der Waals surface area contributed by atoms with Crippen molar-refractivity contribution in [3.05, 3.63) is 24.0 Å². The molecule has 0 radical (unpaired) electrons. The average Bonchev–Trinajstić information content (AvgIpc) is 2.36. The van der Waals surface area contributed by atoms with Crippen molar-refractivity contribution in [3.8, 4) is 0 Å². The molecule has 1 N–H and O–H groups in total. The van der Waals surface area contributed by atoms with Crippen molar-refractivity contribution in [2.45, 2.75) is 20.8 Å². The van der Waals surface area contributed by atoms with Crippen LogP contribution in [0.5, 0.6) is 0 Å². The van der Waals surface area contributed by atoms with Crippen molar-refractivity contribution in [1.29, 1.82) is 0 Å². The van der Waals surface area contributed by atoms with Gasteiger partial charge in [-0.25, -0.2) is 0 Å². The van der Waals surface area contributed by atoms with Gasteiger partial charge in [0, 0.05) is 19.0 Å². The number of H-pyrrole nitrogens is 1. The van der Waals surface area contributed by atoms with Crippen LogP contribution in [0.15, 0.2) is 23.3 Å². The Morgan fingerprint density at radius 2 is 2.25 bits per heavy atom. The lowest BCUT2D eigenvalue weighted by Crippen LogP contribution is -2.09. The first-order chi connectivity index (χ1) is 5.58. The summed E-state index contributed by atoms with van der Waals surface area (Å²) in [7, 11) is 0. The van der Waals surface area contributed by atoms with Crippen molar-refractivity contribution in [2.24, 2.45) is 10.4 Å². The quantitative estimate of drug-likeness (QED) is 0.650. The fraction of sp³-hybridized carbons (Fsp3) is 0.500. The summed E-state index contributed by atoms with van der Waals surface area (Å²) in [4.78, 5) is 7.40. The van der Waals surface area contributed by atoms with Gasteiger partial charge in [0.05, 0.1) is 5.69 Å². The SMILES string of the molecule is CC(C)(C)CN=Cc1ccc[nH]1.